The van der Waals surface area contributed by atoms with Gasteiger partial charge in [-0.15, -0.1) is 11.3 Å². The van der Waals surface area contributed by atoms with Crippen molar-refractivity contribution >= 4 is 21.4 Å². The van der Waals surface area contributed by atoms with Crippen LogP contribution in [0.1, 0.15) is 31.1 Å². The minimum atomic E-state index is -3.41. The van der Waals surface area contributed by atoms with E-state index in [1.165, 1.54) is 6.07 Å². The summed E-state index contributed by atoms with van der Waals surface area (Å²) in [5, 5.41) is 8.77. The molecule has 98 valence electrons. The fourth-order valence-corrected chi connectivity index (χ4v) is 4.66. The van der Waals surface area contributed by atoms with Crippen LogP contribution in [0.15, 0.2) is 16.3 Å². The number of hydrogen-bond acceptors (Lipinski definition) is 4. The van der Waals surface area contributed by atoms with Gasteiger partial charge in [-0.2, -0.15) is 9.57 Å². The van der Waals surface area contributed by atoms with E-state index in [1.807, 2.05) is 13.0 Å². The van der Waals surface area contributed by atoms with Crippen LogP contribution in [0.5, 0.6) is 0 Å². The van der Waals surface area contributed by atoms with Gasteiger partial charge in [-0.3, -0.25) is 0 Å². The van der Waals surface area contributed by atoms with E-state index in [-0.39, 0.29) is 4.21 Å². The molecule has 1 saturated carbocycles. The van der Waals surface area contributed by atoms with Crippen LogP contribution in [0, 0.1) is 17.2 Å². The molecule has 0 aliphatic heterocycles. The van der Waals surface area contributed by atoms with Crippen LogP contribution in [0.4, 0.5) is 0 Å². The molecule has 1 fully saturated rings. The maximum Gasteiger partial charge on any atom is 0.252 e. The van der Waals surface area contributed by atoms with Crippen molar-refractivity contribution in [3.63, 3.8) is 0 Å². The monoisotopic (exact) mass is 284 g/mol. The third kappa shape index (κ3) is 2.91. The lowest BCUT2D eigenvalue weighted by molar-refractivity contribution is 0.397. The first-order valence-corrected chi connectivity index (χ1v) is 8.33. The van der Waals surface area contributed by atoms with Crippen molar-refractivity contribution in [2.45, 2.75) is 30.4 Å². The average molecular weight is 284 g/mol. The summed E-state index contributed by atoms with van der Waals surface area (Å²) in [6.45, 7) is 3.15. The van der Waals surface area contributed by atoms with Crippen LogP contribution < -0.4 is 0 Å². The van der Waals surface area contributed by atoms with E-state index < -0.39 is 10.0 Å². The second kappa shape index (κ2) is 5.39. The van der Waals surface area contributed by atoms with E-state index in [0.717, 1.165) is 30.6 Å². The molecule has 0 saturated heterocycles. The Hall–Kier alpha value is -0.900. The normalized spacial score (nSPS) is 15.8. The highest BCUT2D eigenvalue weighted by Gasteiger charge is 2.31. The van der Waals surface area contributed by atoms with Gasteiger partial charge in [0.2, 0.25) is 0 Å². The smallest absolute Gasteiger partial charge is 0.206 e. The van der Waals surface area contributed by atoms with Crippen LogP contribution in [0.3, 0.4) is 0 Å². The first kappa shape index (κ1) is 13.5. The van der Waals surface area contributed by atoms with Crippen LogP contribution >= 0.6 is 11.3 Å². The SMILES string of the molecule is CCCN(CC1CC1)S(=O)(=O)c1ccc(C#N)s1. The lowest BCUT2D eigenvalue weighted by atomic mass is 10.4. The molecule has 0 unspecified atom stereocenters. The van der Waals surface area contributed by atoms with Crippen molar-refractivity contribution in [1.82, 2.24) is 4.31 Å². The summed E-state index contributed by atoms with van der Waals surface area (Å²) in [6, 6.07) is 5.08. The van der Waals surface area contributed by atoms with Gasteiger partial charge in [-0.25, -0.2) is 8.42 Å². The summed E-state index contributed by atoms with van der Waals surface area (Å²) in [5.41, 5.74) is 0. The molecule has 1 heterocycles. The van der Waals surface area contributed by atoms with Crippen molar-refractivity contribution in [2.24, 2.45) is 5.92 Å². The number of hydrogen-bond donors (Lipinski definition) is 0. The first-order chi connectivity index (χ1) is 8.57. The Morgan fingerprint density at radius 2 is 2.22 bits per heavy atom. The molecule has 0 atom stereocenters. The molecule has 1 aliphatic carbocycles. The maximum atomic E-state index is 12.4. The molecule has 2 rings (SSSR count). The minimum Gasteiger partial charge on any atom is -0.206 e. The fraction of sp³-hybridized carbons (Fsp3) is 0.583. The molecular weight excluding hydrogens is 268 g/mol. The molecule has 0 amide bonds. The van der Waals surface area contributed by atoms with E-state index in [2.05, 4.69) is 0 Å². The Bertz CT molecular complexity index is 553. The second-order valence-corrected chi connectivity index (χ2v) is 7.79. The molecule has 1 aliphatic rings. The molecule has 0 N–H and O–H groups in total. The largest absolute Gasteiger partial charge is 0.252 e. The van der Waals surface area contributed by atoms with Crippen LogP contribution in [-0.2, 0) is 10.0 Å². The fourth-order valence-electron chi connectivity index (χ4n) is 1.79. The lowest BCUT2D eigenvalue weighted by Gasteiger charge is -2.20. The number of thiophene rings is 1. The topological polar surface area (TPSA) is 61.2 Å². The van der Waals surface area contributed by atoms with Gasteiger partial charge in [-0.1, -0.05) is 6.92 Å². The molecule has 0 aromatic carbocycles. The second-order valence-electron chi connectivity index (χ2n) is 4.54. The molecule has 1 aromatic rings. The van der Waals surface area contributed by atoms with Gasteiger partial charge in [-0.05, 0) is 37.3 Å². The Balaban J connectivity index is 2.22. The molecule has 18 heavy (non-hydrogen) atoms. The third-order valence-corrected chi connectivity index (χ3v) is 6.24. The zero-order chi connectivity index (χ0) is 13.2. The quantitative estimate of drug-likeness (QED) is 0.806. The minimum absolute atomic E-state index is 0.285. The molecule has 0 radical (unpaired) electrons. The maximum absolute atomic E-state index is 12.4. The number of nitriles is 1. The van der Waals surface area contributed by atoms with Gasteiger partial charge in [0.05, 0.1) is 0 Å². The van der Waals surface area contributed by atoms with Gasteiger partial charge in [0.15, 0.2) is 0 Å². The Morgan fingerprint density at radius 3 is 2.72 bits per heavy atom. The molecule has 6 heteroatoms. The summed E-state index contributed by atoms with van der Waals surface area (Å²) in [7, 11) is -3.41. The van der Waals surface area contributed by atoms with E-state index in [9.17, 15) is 8.42 Å². The molecule has 0 spiro atoms. The standard InChI is InChI=1S/C12H16N2O2S2/c1-2-7-14(9-10-3-4-10)18(15,16)12-6-5-11(8-13)17-12/h5-6,10H,2-4,7,9H2,1H3. The highest BCUT2D eigenvalue weighted by Crippen LogP contribution is 2.32. The zero-order valence-corrected chi connectivity index (χ0v) is 11.9. The van der Waals surface area contributed by atoms with E-state index in [0.29, 0.717) is 23.9 Å². The van der Waals surface area contributed by atoms with E-state index in [1.54, 1.807) is 10.4 Å². The van der Waals surface area contributed by atoms with Gasteiger partial charge in [0, 0.05) is 13.1 Å². The number of sulfonamides is 1. The van der Waals surface area contributed by atoms with Gasteiger partial charge in [0.25, 0.3) is 10.0 Å². The van der Waals surface area contributed by atoms with Crippen molar-refractivity contribution in [3.05, 3.63) is 17.0 Å². The highest BCUT2D eigenvalue weighted by atomic mass is 32.2. The molecule has 4 nitrogen and oxygen atoms in total. The Kier molecular flexibility index (Phi) is 4.05. The van der Waals surface area contributed by atoms with Crippen molar-refractivity contribution in [1.29, 1.82) is 5.26 Å². The van der Waals surface area contributed by atoms with Crippen molar-refractivity contribution < 1.29 is 8.42 Å². The lowest BCUT2D eigenvalue weighted by Crippen LogP contribution is -2.33. The highest BCUT2D eigenvalue weighted by molar-refractivity contribution is 7.91. The zero-order valence-electron chi connectivity index (χ0n) is 10.3. The number of nitrogens with zero attached hydrogens (tertiary/aromatic N) is 2. The van der Waals surface area contributed by atoms with Crippen LogP contribution in [-0.4, -0.2) is 25.8 Å². The van der Waals surface area contributed by atoms with Gasteiger partial charge >= 0.3 is 0 Å². The Labute approximate surface area is 112 Å². The van der Waals surface area contributed by atoms with Crippen molar-refractivity contribution in [2.75, 3.05) is 13.1 Å². The predicted molar refractivity (Wildman–Crippen MR) is 70.8 cm³/mol. The molecule has 1 aromatic heterocycles. The predicted octanol–water partition coefficient (Wildman–Crippen LogP) is 2.43. The van der Waals surface area contributed by atoms with E-state index in [4.69, 9.17) is 5.26 Å². The Morgan fingerprint density at radius 1 is 1.50 bits per heavy atom. The summed E-state index contributed by atoms with van der Waals surface area (Å²) < 4.78 is 26.7. The third-order valence-electron chi connectivity index (χ3n) is 2.92. The van der Waals surface area contributed by atoms with Crippen LogP contribution in [0.2, 0.25) is 0 Å². The number of rotatable bonds is 6. The molecule has 0 bridgehead atoms. The van der Waals surface area contributed by atoms with Gasteiger partial charge in [0.1, 0.15) is 15.2 Å². The first-order valence-electron chi connectivity index (χ1n) is 6.08. The average Bonchev–Trinajstić information content (AvgIpc) is 3.02. The molecular formula is C12H16N2O2S2. The van der Waals surface area contributed by atoms with Crippen LogP contribution in [0.25, 0.3) is 0 Å². The summed E-state index contributed by atoms with van der Waals surface area (Å²) in [6.07, 6.45) is 3.07. The van der Waals surface area contributed by atoms with E-state index >= 15 is 0 Å². The van der Waals surface area contributed by atoms with Crippen molar-refractivity contribution in [3.8, 4) is 6.07 Å². The summed E-state index contributed by atoms with van der Waals surface area (Å²) in [4.78, 5) is 0.441. The van der Waals surface area contributed by atoms with Gasteiger partial charge < -0.3 is 0 Å². The summed E-state index contributed by atoms with van der Waals surface area (Å²) >= 11 is 1.05. The summed E-state index contributed by atoms with van der Waals surface area (Å²) in [5.74, 6) is 0.529.